The SMILES string of the molecule is CC#Cc1cc(Cl)c(C2C(=O)CC3(CCN(C(=O)CC(F)(F)F)CC3)CC2=O)c(OC)c1. The Bertz CT molecular complexity index is 981. The number of carbonyl (C=O) groups is 3. The van der Waals surface area contributed by atoms with Crippen LogP contribution in [0, 0.1) is 17.3 Å². The predicted molar refractivity (Wildman–Crippen MR) is 111 cm³/mol. The Morgan fingerprint density at radius 2 is 1.81 bits per heavy atom. The van der Waals surface area contributed by atoms with E-state index >= 15 is 0 Å². The minimum atomic E-state index is -4.56. The van der Waals surface area contributed by atoms with E-state index in [1.165, 1.54) is 7.11 Å². The number of carbonyl (C=O) groups excluding carboxylic acids is 3. The Balaban J connectivity index is 1.77. The lowest BCUT2D eigenvalue weighted by atomic mass is 9.63. The van der Waals surface area contributed by atoms with Gasteiger partial charge in [-0.15, -0.1) is 5.92 Å². The minimum Gasteiger partial charge on any atom is -0.496 e. The number of amides is 1. The number of Topliss-reactive ketones (excluding diaryl/α,β-unsaturated/α-hetero) is 2. The first-order valence-corrected chi connectivity index (χ1v) is 10.6. The van der Waals surface area contributed by atoms with E-state index in [0.29, 0.717) is 29.7 Å². The van der Waals surface area contributed by atoms with Crippen molar-refractivity contribution in [1.82, 2.24) is 4.90 Å². The summed E-state index contributed by atoms with van der Waals surface area (Å²) in [7, 11) is 1.42. The molecule has 0 unspecified atom stereocenters. The highest BCUT2D eigenvalue weighted by Crippen LogP contribution is 2.48. The van der Waals surface area contributed by atoms with Crippen molar-refractivity contribution in [2.45, 2.75) is 51.1 Å². The third kappa shape index (κ3) is 5.09. The first kappa shape index (κ1) is 24.1. The van der Waals surface area contributed by atoms with Gasteiger partial charge in [0.1, 0.15) is 29.7 Å². The molecule has 1 saturated heterocycles. The van der Waals surface area contributed by atoms with E-state index in [2.05, 4.69) is 11.8 Å². The van der Waals surface area contributed by atoms with Gasteiger partial charge in [0.2, 0.25) is 5.91 Å². The second kappa shape index (κ2) is 9.14. The number of nitrogens with zero attached hydrogens (tertiary/aromatic N) is 1. The maximum Gasteiger partial charge on any atom is 0.397 e. The summed E-state index contributed by atoms with van der Waals surface area (Å²) in [5.41, 5.74) is 0.271. The number of likely N-dealkylation sites (tertiary alicyclic amines) is 1. The van der Waals surface area contributed by atoms with E-state index in [4.69, 9.17) is 16.3 Å². The lowest BCUT2D eigenvalue weighted by molar-refractivity contribution is -0.163. The predicted octanol–water partition coefficient (Wildman–Crippen LogP) is 4.30. The number of piperidine rings is 1. The molecular formula is C23H23ClF3NO4. The standard InChI is InChI=1S/C23H23ClF3NO4/c1-3-4-14-9-15(24)20(18(10-14)32-2)21-16(29)11-22(12-17(21)30)5-7-28(8-6-22)19(31)13-23(25,26)27/h9-10,21H,5-8,11-13H2,1-2H3. The molecule has 2 aliphatic rings. The molecule has 1 spiro atoms. The molecule has 5 nitrogen and oxygen atoms in total. The van der Waals surface area contributed by atoms with Crippen molar-refractivity contribution >= 4 is 29.1 Å². The van der Waals surface area contributed by atoms with Crippen LogP contribution >= 0.6 is 11.6 Å². The van der Waals surface area contributed by atoms with Crippen LogP contribution in [0.1, 0.15) is 56.1 Å². The lowest BCUT2D eigenvalue weighted by Gasteiger charge is -2.44. The molecule has 1 aliphatic carbocycles. The Kier molecular flexibility index (Phi) is 6.89. The third-order valence-electron chi connectivity index (χ3n) is 6.14. The fourth-order valence-electron chi connectivity index (χ4n) is 4.63. The van der Waals surface area contributed by atoms with Crippen LogP contribution in [0.25, 0.3) is 0 Å². The van der Waals surface area contributed by atoms with E-state index < -0.39 is 29.8 Å². The van der Waals surface area contributed by atoms with Crippen LogP contribution in [0.4, 0.5) is 13.2 Å². The van der Waals surface area contributed by atoms with Crippen LogP contribution in [-0.2, 0) is 14.4 Å². The highest BCUT2D eigenvalue weighted by molar-refractivity contribution is 6.32. The van der Waals surface area contributed by atoms with Crippen molar-refractivity contribution in [3.8, 4) is 17.6 Å². The number of hydrogen-bond acceptors (Lipinski definition) is 4. The van der Waals surface area contributed by atoms with Crippen LogP contribution < -0.4 is 4.74 Å². The van der Waals surface area contributed by atoms with Crippen molar-refractivity contribution in [3.63, 3.8) is 0 Å². The lowest BCUT2D eigenvalue weighted by Crippen LogP contribution is -2.48. The molecular weight excluding hydrogens is 447 g/mol. The Labute approximate surface area is 189 Å². The van der Waals surface area contributed by atoms with E-state index in [1.54, 1.807) is 19.1 Å². The number of halogens is 4. The molecule has 32 heavy (non-hydrogen) atoms. The number of ketones is 2. The zero-order chi connectivity index (χ0) is 23.7. The van der Waals surface area contributed by atoms with Crippen molar-refractivity contribution in [2.75, 3.05) is 20.2 Å². The number of ether oxygens (including phenoxy) is 1. The molecule has 1 heterocycles. The van der Waals surface area contributed by atoms with Gasteiger partial charge in [0, 0.05) is 42.1 Å². The van der Waals surface area contributed by atoms with Crippen LogP contribution in [0.5, 0.6) is 5.75 Å². The molecule has 3 rings (SSSR count). The van der Waals surface area contributed by atoms with Gasteiger partial charge in [-0.1, -0.05) is 17.5 Å². The third-order valence-corrected chi connectivity index (χ3v) is 6.45. The van der Waals surface area contributed by atoms with E-state index in [0.717, 1.165) is 4.90 Å². The van der Waals surface area contributed by atoms with Crippen molar-refractivity contribution in [2.24, 2.45) is 5.41 Å². The average molecular weight is 470 g/mol. The second-order valence-corrected chi connectivity index (χ2v) is 8.75. The van der Waals surface area contributed by atoms with E-state index in [-0.39, 0.29) is 42.5 Å². The van der Waals surface area contributed by atoms with Gasteiger partial charge in [-0.25, -0.2) is 0 Å². The van der Waals surface area contributed by atoms with Crippen LogP contribution in [-0.4, -0.2) is 48.7 Å². The van der Waals surface area contributed by atoms with Gasteiger partial charge in [0.05, 0.1) is 7.11 Å². The van der Waals surface area contributed by atoms with Crippen molar-refractivity contribution in [1.29, 1.82) is 0 Å². The first-order valence-electron chi connectivity index (χ1n) is 10.2. The van der Waals surface area contributed by atoms with Crippen molar-refractivity contribution in [3.05, 3.63) is 28.3 Å². The summed E-state index contributed by atoms with van der Waals surface area (Å²) < 4.78 is 42.9. The highest BCUT2D eigenvalue weighted by Gasteiger charge is 2.48. The molecule has 1 aromatic rings. The van der Waals surface area contributed by atoms with Crippen LogP contribution in [0.2, 0.25) is 5.02 Å². The molecule has 1 aromatic carbocycles. The summed E-state index contributed by atoms with van der Waals surface area (Å²) in [6.07, 6.45) is -5.27. The topological polar surface area (TPSA) is 63.7 Å². The summed E-state index contributed by atoms with van der Waals surface area (Å²) in [5, 5.41) is 0.220. The number of benzene rings is 1. The Morgan fingerprint density at radius 1 is 1.22 bits per heavy atom. The smallest absolute Gasteiger partial charge is 0.397 e. The molecule has 2 fully saturated rings. The molecule has 172 valence electrons. The summed E-state index contributed by atoms with van der Waals surface area (Å²) in [6.45, 7) is 1.85. The van der Waals surface area contributed by atoms with Gasteiger partial charge in [-0.2, -0.15) is 13.2 Å². The minimum absolute atomic E-state index is 0.0919. The highest BCUT2D eigenvalue weighted by atomic mass is 35.5. The molecule has 0 aromatic heterocycles. The number of methoxy groups -OCH3 is 1. The van der Waals surface area contributed by atoms with E-state index in [9.17, 15) is 27.6 Å². The molecule has 9 heteroatoms. The average Bonchev–Trinajstić information content (AvgIpc) is 2.68. The zero-order valence-electron chi connectivity index (χ0n) is 17.8. The number of alkyl halides is 3. The van der Waals surface area contributed by atoms with Gasteiger partial charge in [0.15, 0.2) is 0 Å². The van der Waals surface area contributed by atoms with Gasteiger partial charge < -0.3 is 9.64 Å². The summed E-state index contributed by atoms with van der Waals surface area (Å²) in [5.74, 6) is 3.29. The number of hydrogen-bond donors (Lipinski definition) is 0. The maximum absolute atomic E-state index is 13.1. The fourth-order valence-corrected chi connectivity index (χ4v) is 4.95. The van der Waals surface area contributed by atoms with Crippen LogP contribution in [0.3, 0.4) is 0 Å². The molecule has 0 radical (unpaired) electrons. The normalized spacial score (nSPS) is 19.0. The molecule has 1 amide bonds. The summed E-state index contributed by atoms with van der Waals surface area (Å²) >= 11 is 6.41. The number of rotatable bonds is 3. The molecule has 1 aliphatic heterocycles. The molecule has 1 saturated carbocycles. The van der Waals surface area contributed by atoms with Gasteiger partial charge in [0.25, 0.3) is 0 Å². The monoisotopic (exact) mass is 469 g/mol. The zero-order valence-corrected chi connectivity index (χ0v) is 18.5. The molecule has 0 atom stereocenters. The largest absolute Gasteiger partial charge is 0.496 e. The van der Waals surface area contributed by atoms with Gasteiger partial charge in [-0.05, 0) is 37.3 Å². The Morgan fingerprint density at radius 3 is 2.31 bits per heavy atom. The quantitative estimate of drug-likeness (QED) is 0.489. The summed E-state index contributed by atoms with van der Waals surface area (Å²) in [6, 6.07) is 3.22. The van der Waals surface area contributed by atoms with Gasteiger partial charge in [-0.3, -0.25) is 14.4 Å². The summed E-state index contributed by atoms with van der Waals surface area (Å²) in [4.78, 5) is 39.3. The van der Waals surface area contributed by atoms with Crippen molar-refractivity contribution < 1.29 is 32.3 Å². The van der Waals surface area contributed by atoms with E-state index in [1.807, 2.05) is 0 Å². The fraction of sp³-hybridized carbons (Fsp3) is 0.522. The second-order valence-electron chi connectivity index (χ2n) is 8.34. The molecule has 0 bridgehead atoms. The maximum atomic E-state index is 13.1. The first-order chi connectivity index (χ1) is 15.0. The Hall–Kier alpha value is -2.53. The van der Waals surface area contributed by atoms with Crippen LogP contribution in [0.15, 0.2) is 12.1 Å². The molecule has 0 N–H and O–H groups in total. The van der Waals surface area contributed by atoms with Gasteiger partial charge >= 0.3 is 6.18 Å².